The lowest BCUT2D eigenvalue weighted by molar-refractivity contribution is -0.145. The summed E-state index contributed by atoms with van der Waals surface area (Å²) < 4.78 is 0.895. The Morgan fingerprint density at radius 1 is 1.50 bits per heavy atom. The van der Waals surface area contributed by atoms with Crippen molar-refractivity contribution in [3.63, 3.8) is 0 Å². The van der Waals surface area contributed by atoms with Crippen LogP contribution in [0.2, 0.25) is 0 Å². The van der Waals surface area contributed by atoms with E-state index in [0.29, 0.717) is 0 Å². The molecule has 0 amide bonds. The van der Waals surface area contributed by atoms with E-state index in [0.717, 1.165) is 3.92 Å². The Balaban J connectivity index is 0.000000241. The second-order valence-electron chi connectivity index (χ2n) is 4.50. The number of halogens is 1. The van der Waals surface area contributed by atoms with Gasteiger partial charge in [0.1, 0.15) is 0 Å². The Hall–Kier alpha value is 0.160. The highest BCUT2D eigenvalue weighted by Crippen LogP contribution is 2.11. The molecule has 2 N–H and O–H groups in total. The van der Waals surface area contributed by atoms with Crippen molar-refractivity contribution in [1.29, 1.82) is 0 Å². The molecule has 1 rings (SSSR count). The van der Waals surface area contributed by atoms with Crippen LogP contribution in [-0.4, -0.2) is 28.1 Å². The predicted molar refractivity (Wildman–Crippen MR) is 67.0 cm³/mol. The number of hydrogen-bond donors (Lipinski definition) is 2. The molecule has 14 heavy (non-hydrogen) atoms. The van der Waals surface area contributed by atoms with Crippen molar-refractivity contribution in [3.05, 3.63) is 0 Å². The van der Waals surface area contributed by atoms with Crippen LogP contribution < -0.4 is 5.32 Å². The Morgan fingerprint density at radius 2 is 2.00 bits per heavy atom. The Kier molecular flexibility index (Phi) is 6.68. The minimum Gasteiger partial charge on any atom is -0.481 e. The van der Waals surface area contributed by atoms with Gasteiger partial charge < -0.3 is 10.4 Å². The molecule has 0 aliphatic carbocycles. The van der Waals surface area contributed by atoms with Gasteiger partial charge in [-0.3, -0.25) is 4.79 Å². The first-order valence-corrected chi connectivity index (χ1v) is 6.17. The molecule has 4 heteroatoms. The molecular formula is C10H20INO2. The van der Waals surface area contributed by atoms with Crippen molar-refractivity contribution in [2.75, 3.05) is 13.1 Å². The van der Waals surface area contributed by atoms with Crippen LogP contribution in [-0.2, 0) is 4.79 Å². The average molecular weight is 313 g/mol. The molecule has 0 bridgehead atoms. The first kappa shape index (κ1) is 14.2. The van der Waals surface area contributed by atoms with Gasteiger partial charge in [0.05, 0.1) is 5.41 Å². The maximum absolute atomic E-state index is 10.0. The van der Waals surface area contributed by atoms with E-state index in [4.69, 9.17) is 5.11 Å². The highest BCUT2D eigenvalue weighted by atomic mass is 127. The molecule has 1 fully saturated rings. The van der Waals surface area contributed by atoms with Gasteiger partial charge in [-0.15, -0.1) is 0 Å². The number of nitrogens with one attached hydrogen (secondary N) is 1. The lowest BCUT2D eigenvalue weighted by atomic mass is 9.98. The van der Waals surface area contributed by atoms with E-state index in [1.54, 1.807) is 20.8 Å². The van der Waals surface area contributed by atoms with Gasteiger partial charge in [0.2, 0.25) is 0 Å². The van der Waals surface area contributed by atoms with Gasteiger partial charge in [-0.05, 0) is 40.2 Å². The third kappa shape index (κ3) is 7.55. The zero-order valence-corrected chi connectivity index (χ0v) is 11.3. The second kappa shape index (κ2) is 6.61. The lowest BCUT2D eigenvalue weighted by Crippen LogP contribution is -2.29. The van der Waals surface area contributed by atoms with Gasteiger partial charge >= 0.3 is 5.97 Å². The Labute approximate surface area is 99.8 Å². The molecule has 1 heterocycles. The minimum atomic E-state index is -0.757. The molecule has 3 nitrogen and oxygen atoms in total. The maximum atomic E-state index is 10.0. The zero-order valence-electron chi connectivity index (χ0n) is 9.14. The summed E-state index contributed by atoms with van der Waals surface area (Å²) in [5, 5.41) is 11.6. The summed E-state index contributed by atoms with van der Waals surface area (Å²) in [6, 6.07) is 0. The SMILES string of the molecule is CC(C)(C)C(=O)O.I[C@H]1CCCNC1. The van der Waals surface area contributed by atoms with Crippen LogP contribution in [0.5, 0.6) is 0 Å². The molecule has 1 saturated heterocycles. The standard InChI is InChI=1S/C5H10IN.C5H10O2/c6-5-2-1-3-7-4-5;1-5(2,3)4(6)7/h5,7H,1-4H2;1-3H3,(H,6,7)/t5-;/m0./s1. The fourth-order valence-electron chi connectivity index (χ4n) is 0.809. The van der Waals surface area contributed by atoms with E-state index >= 15 is 0 Å². The number of piperidine rings is 1. The third-order valence-electron chi connectivity index (χ3n) is 1.88. The summed E-state index contributed by atoms with van der Waals surface area (Å²) in [6.45, 7) is 7.44. The summed E-state index contributed by atoms with van der Waals surface area (Å²) in [5.41, 5.74) is -0.583. The van der Waals surface area contributed by atoms with Gasteiger partial charge in [0, 0.05) is 10.5 Å². The summed E-state index contributed by atoms with van der Waals surface area (Å²) in [5.74, 6) is -0.757. The van der Waals surface area contributed by atoms with Crippen LogP contribution in [0.3, 0.4) is 0 Å². The van der Waals surface area contributed by atoms with Crippen molar-refractivity contribution < 1.29 is 9.90 Å². The first-order chi connectivity index (χ1) is 6.34. The second-order valence-corrected chi connectivity index (χ2v) is 6.26. The highest BCUT2D eigenvalue weighted by Gasteiger charge is 2.18. The Morgan fingerprint density at radius 3 is 2.14 bits per heavy atom. The summed E-state index contributed by atoms with van der Waals surface area (Å²) in [6.07, 6.45) is 2.78. The number of hydrogen-bond acceptors (Lipinski definition) is 2. The molecule has 0 aromatic heterocycles. The normalized spacial score (nSPS) is 22.1. The van der Waals surface area contributed by atoms with Gasteiger partial charge in [0.15, 0.2) is 0 Å². The van der Waals surface area contributed by atoms with Crippen molar-refractivity contribution in [2.24, 2.45) is 5.41 Å². The van der Waals surface area contributed by atoms with Crippen LogP contribution in [0.4, 0.5) is 0 Å². The van der Waals surface area contributed by atoms with Gasteiger partial charge in [-0.2, -0.15) is 0 Å². The van der Waals surface area contributed by atoms with Crippen molar-refractivity contribution in [3.8, 4) is 0 Å². The van der Waals surface area contributed by atoms with Crippen LogP contribution in [0.25, 0.3) is 0 Å². The average Bonchev–Trinajstić information content (AvgIpc) is 2.04. The molecule has 0 aromatic rings. The highest BCUT2D eigenvalue weighted by molar-refractivity contribution is 14.1. The third-order valence-corrected chi connectivity index (χ3v) is 2.94. The number of alkyl halides is 1. The van der Waals surface area contributed by atoms with Gasteiger partial charge in [0.25, 0.3) is 0 Å². The lowest BCUT2D eigenvalue weighted by Gasteiger charge is -2.16. The summed E-state index contributed by atoms with van der Waals surface area (Å²) in [7, 11) is 0. The van der Waals surface area contributed by atoms with E-state index < -0.39 is 11.4 Å². The summed E-state index contributed by atoms with van der Waals surface area (Å²) in [4.78, 5) is 10.0. The molecular weight excluding hydrogens is 293 g/mol. The largest absolute Gasteiger partial charge is 0.481 e. The number of carbonyl (C=O) groups is 1. The van der Waals surface area contributed by atoms with Gasteiger partial charge in [-0.1, -0.05) is 22.6 Å². The van der Waals surface area contributed by atoms with E-state index in [-0.39, 0.29) is 0 Å². The van der Waals surface area contributed by atoms with Crippen molar-refractivity contribution >= 4 is 28.6 Å². The molecule has 0 saturated carbocycles. The molecule has 0 radical (unpaired) electrons. The Bertz CT molecular complexity index is 171. The van der Waals surface area contributed by atoms with Crippen LogP contribution in [0.15, 0.2) is 0 Å². The molecule has 1 atom stereocenters. The first-order valence-electron chi connectivity index (χ1n) is 4.92. The zero-order chi connectivity index (χ0) is 11.2. The van der Waals surface area contributed by atoms with E-state index in [2.05, 4.69) is 27.9 Å². The maximum Gasteiger partial charge on any atom is 0.308 e. The smallest absolute Gasteiger partial charge is 0.308 e. The number of carboxylic acid groups (broad SMARTS) is 1. The van der Waals surface area contributed by atoms with Crippen LogP contribution in [0.1, 0.15) is 33.6 Å². The molecule has 1 aliphatic heterocycles. The molecule has 0 unspecified atom stereocenters. The van der Waals surface area contributed by atoms with E-state index in [9.17, 15) is 4.79 Å². The fraction of sp³-hybridized carbons (Fsp3) is 0.900. The fourth-order valence-corrected chi connectivity index (χ4v) is 1.56. The van der Waals surface area contributed by atoms with Crippen molar-refractivity contribution in [2.45, 2.75) is 37.5 Å². The predicted octanol–water partition coefficient (Wildman–Crippen LogP) is 2.29. The quantitative estimate of drug-likeness (QED) is 0.533. The molecule has 1 aliphatic rings. The van der Waals surface area contributed by atoms with Crippen LogP contribution >= 0.6 is 22.6 Å². The number of rotatable bonds is 0. The number of aliphatic carboxylic acids is 1. The van der Waals surface area contributed by atoms with E-state index in [1.165, 1.54) is 25.9 Å². The summed E-state index contributed by atoms with van der Waals surface area (Å²) >= 11 is 2.49. The van der Waals surface area contributed by atoms with Crippen LogP contribution in [0, 0.1) is 5.41 Å². The van der Waals surface area contributed by atoms with Crippen molar-refractivity contribution in [1.82, 2.24) is 5.32 Å². The monoisotopic (exact) mass is 313 g/mol. The topological polar surface area (TPSA) is 49.3 Å². The number of carboxylic acids is 1. The molecule has 0 aromatic carbocycles. The minimum absolute atomic E-state index is 0.583. The molecule has 0 spiro atoms. The molecule has 84 valence electrons. The van der Waals surface area contributed by atoms with E-state index in [1.807, 2.05) is 0 Å². The van der Waals surface area contributed by atoms with Gasteiger partial charge in [-0.25, -0.2) is 0 Å².